The number of benzene rings is 1. The van der Waals surface area contributed by atoms with E-state index in [0.29, 0.717) is 51.9 Å². The molecule has 1 aromatic carbocycles. The molecule has 0 saturated carbocycles. The summed E-state index contributed by atoms with van der Waals surface area (Å²) in [4.78, 5) is 27.0. The monoisotopic (exact) mass is 612 g/mol. The number of piperidine rings is 1. The molecule has 246 valence electrons. The molecule has 1 atom stereocenters. The van der Waals surface area contributed by atoms with Crippen LogP contribution in [0, 0.1) is 5.41 Å². The number of hydrogen-bond donors (Lipinski definition) is 2. The van der Waals surface area contributed by atoms with Gasteiger partial charge in [0, 0.05) is 87.4 Å². The smallest absolute Gasteiger partial charge is 0.224 e. The zero-order chi connectivity index (χ0) is 31.9. The summed E-state index contributed by atoms with van der Waals surface area (Å²) in [6.45, 7) is 16.8. The van der Waals surface area contributed by atoms with Crippen LogP contribution in [0.5, 0.6) is 0 Å². The lowest BCUT2D eigenvalue weighted by Gasteiger charge is -2.46. The maximum atomic E-state index is 13.4. The van der Waals surface area contributed by atoms with Crippen LogP contribution >= 0.6 is 0 Å². The van der Waals surface area contributed by atoms with Crippen LogP contribution in [0.3, 0.4) is 0 Å². The molecule has 1 saturated heterocycles. The number of carbonyl (C=O) groups is 2. The molecule has 10 heteroatoms. The first kappa shape index (κ1) is 34.4. The van der Waals surface area contributed by atoms with E-state index in [0.717, 1.165) is 39.0 Å². The summed E-state index contributed by atoms with van der Waals surface area (Å²) in [7, 11) is 4.35. The van der Waals surface area contributed by atoms with Gasteiger partial charge in [0.05, 0.1) is 39.0 Å². The first-order chi connectivity index (χ1) is 21.0. The SMILES string of the molecule is CC(C)NC(=O)CCOCCOCCNC1CCN(C(=O)CCn2c3c(c4ccccc42)C(C(C)(C)C)N(C)N(C)C3)CC1. The summed E-state index contributed by atoms with van der Waals surface area (Å²) in [6.07, 6.45) is 2.81. The molecule has 0 radical (unpaired) electrons. The van der Waals surface area contributed by atoms with Gasteiger partial charge in [0.15, 0.2) is 0 Å². The lowest BCUT2D eigenvalue weighted by Crippen LogP contribution is -2.48. The maximum Gasteiger partial charge on any atom is 0.224 e. The van der Waals surface area contributed by atoms with Crippen molar-refractivity contribution in [1.29, 1.82) is 0 Å². The number of ether oxygens (including phenoxy) is 2. The summed E-state index contributed by atoms with van der Waals surface area (Å²) in [5.74, 6) is 0.259. The van der Waals surface area contributed by atoms with Gasteiger partial charge in [0.25, 0.3) is 0 Å². The van der Waals surface area contributed by atoms with Gasteiger partial charge in [-0.3, -0.25) is 9.59 Å². The Balaban J connectivity index is 1.19. The molecule has 2 aromatic rings. The van der Waals surface area contributed by atoms with E-state index in [2.05, 4.69) is 84.4 Å². The van der Waals surface area contributed by atoms with E-state index in [9.17, 15) is 9.59 Å². The van der Waals surface area contributed by atoms with Crippen LogP contribution in [-0.4, -0.2) is 104 Å². The number of amides is 2. The fourth-order valence-electron chi connectivity index (χ4n) is 6.73. The Hall–Kier alpha value is -2.50. The first-order valence-corrected chi connectivity index (χ1v) is 16.5. The molecular weight excluding hydrogens is 556 g/mol. The number of para-hydroxylation sites is 1. The van der Waals surface area contributed by atoms with Gasteiger partial charge >= 0.3 is 0 Å². The van der Waals surface area contributed by atoms with E-state index in [-0.39, 0.29) is 29.3 Å². The third-order valence-corrected chi connectivity index (χ3v) is 8.88. The average molecular weight is 613 g/mol. The zero-order valence-corrected chi connectivity index (χ0v) is 28.2. The average Bonchev–Trinajstić information content (AvgIpc) is 3.27. The van der Waals surface area contributed by atoms with Gasteiger partial charge in [-0.1, -0.05) is 39.0 Å². The molecule has 1 fully saturated rings. The number of fused-ring (bicyclic) bond motifs is 3. The molecule has 1 unspecified atom stereocenters. The van der Waals surface area contributed by atoms with E-state index in [1.54, 1.807) is 0 Å². The summed E-state index contributed by atoms with van der Waals surface area (Å²) >= 11 is 0. The molecule has 0 aliphatic carbocycles. The number of nitrogens with zero attached hydrogens (tertiary/aromatic N) is 4. The molecule has 1 aromatic heterocycles. The second kappa shape index (κ2) is 15.7. The van der Waals surface area contributed by atoms with Crippen molar-refractivity contribution >= 4 is 22.7 Å². The molecule has 2 N–H and O–H groups in total. The molecule has 44 heavy (non-hydrogen) atoms. The third-order valence-electron chi connectivity index (χ3n) is 8.88. The van der Waals surface area contributed by atoms with Crippen LogP contribution in [0.15, 0.2) is 24.3 Å². The Morgan fingerprint density at radius 2 is 1.66 bits per heavy atom. The van der Waals surface area contributed by atoms with Crippen LogP contribution in [0.4, 0.5) is 0 Å². The highest BCUT2D eigenvalue weighted by atomic mass is 16.5. The van der Waals surface area contributed by atoms with E-state index < -0.39 is 0 Å². The van der Waals surface area contributed by atoms with E-state index in [1.165, 1.54) is 22.2 Å². The van der Waals surface area contributed by atoms with Crippen molar-refractivity contribution in [3.63, 3.8) is 0 Å². The lowest BCUT2D eigenvalue weighted by molar-refractivity contribution is -0.132. The van der Waals surface area contributed by atoms with E-state index in [4.69, 9.17) is 9.47 Å². The number of likely N-dealkylation sites (tertiary alicyclic amines) is 1. The van der Waals surface area contributed by atoms with E-state index in [1.807, 2.05) is 18.7 Å². The number of carbonyl (C=O) groups excluding carboxylic acids is 2. The Labute approximate surface area is 264 Å². The second-order valence-corrected chi connectivity index (χ2v) is 13.7. The minimum atomic E-state index is 0.0152. The van der Waals surface area contributed by atoms with Crippen LogP contribution in [0.25, 0.3) is 10.9 Å². The Morgan fingerprint density at radius 3 is 2.34 bits per heavy atom. The molecule has 4 rings (SSSR count). The maximum absolute atomic E-state index is 13.4. The number of nitrogens with one attached hydrogen (secondary N) is 2. The molecule has 0 bridgehead atoms. The molecule has 3 heterocycles. The number of hydrazine groups is 1. The van der Waals surface area contributed by atoms with Crippen LogP contribution in [-0.2, 0) is 32.2 Å². The van der Waals surface area contributed by atoms with Crippen molar-refractivity contribution in [2.24, 2.45) is 5.41 Å². The highest BCUT2D eigenvalue weighted by molar-refractivity contribution is 5.87. The Bertz CT molecular complexity index is 1230. The number of aryl methyl sites for hydroxylation is 1. The van der Waals surface area contributed by atoms with Crippen LogP contribution < -0.4 is 10.6 Å². The highest BCUT2D eigenvalue weighted by Gasteiger charge is 2.40. The van der Waals surface area contributed by atoms with Gasteiger partial charge in [0.2, 0.25) is 11.8 Å². The van der Waals surface area contributed by atoms with Crippen LogP contribution in [0.2, 0.25) is 0 Å². The largest absolute Gasteiger partial charge is 0.379 e. The Kier molecular flexibility index (Phi) is 12.2. The normalized spacial score (nSPS) is 18.7. The fraction of sp³-hybridized carbons (Fsp3) is 0.706. The van der Waals surface area contributed by atoms with Gasteiger partial charge in [-0.25, -0.2) is 10.0 Å². The van der Waals surface area contributed by atoms with Crippen LogP contribution in [0.1, 0.15) is 77.6 Å². The van der Waals surface area contributed by atoms with Crippen molar-refractivity contribution in [1.82, 2.24) is 30.1 Å². The quantitative estimate of drug-likeness (QED) is 0.313. The number of rotatable bonds is 14. The summed E-state index contributed by atoms with van der Waals surface area (Å²) in [5, 5.41) is 12.4. The molecule has 2 aliphatic rings. The summed E-state index contributed by atoms with van der Waals surface area (Å²) < 4.78 is 13.6. The van der Waals surface area contributed by atoms with Gasteiger partial charge in [-0.05, 0) is 38.2 Å². The van der Waals surface area contributed by atoms with Crippen molar-refractivity contribution < 1.29 is 19.1 Å². The first-order valence-electron chi connectivity index (χ1n) is 16.5. The zero-order valence-electron chi connectivity index (χ0n) is 28.2. The van der Waals surface area contributed by atoms with Crippen molar-refractivity contribution in [3.05, 3.63) is 35.5 Å². The summed E-state index contributed by atoms with van der Waals surface area (Å²) in [5.41, 5.74) is 4.05. The second-order valence-electron chi connectivity index (χ2n) is 13.7. The molecule has 10 nitrogen and oxygen atoms in total. The molecule has 0 spiro atoms. The number of aromatic nitrogens is 1. The van der Waals surface area contributed by atoms with Crippen molar-refractivity contribution in [2.45, 2.75) is 91.5 Å². The van der Waals surface area contributed by atoms with Gasteiger partial charge in [-0.15, -0.1) is 0 Å². The molecule has 2 aliphatic heterocycles. The third kappa shape index (κ3) is 8.81. The van der Waals surface area contributed by atoms with Gasteiger partial charge < -0.3 is 29.6 Å². The van der Waals surface area contributed by atoms with E-state index >= 15 is 0 Å². The minimum absolute atomic E-state index is 0.0152. The lowest BCUT2D eigenvalue weighted by atomic mass is 9.80. The summed E-state index contributed by atoms with van der Waals surface area (Å²) in [6, 6.07) is 9.52. The van der Waals surface area contributed by atoms with Gasteiger partial charge in [0.1, 0.15) is 0 Å². The molecule has 2 amide bonds. The minimum Gasteiger partial charge on any atom is -0.379 e. The standard InChI is InChI=1S/C34H56N6O4/c1-25(2)36-30(41)15-20-43-22-23-44-21-16-35-26-12-17-39(18-13-26)31(42)14-19-40-28-11-9-8-10-27(28)32-29(40)24-37(6)38(7)33(32)34(3,4)5/h8-11,25-26,33,35H,12-24H2,1-7H3,(H,36,41). The predicted molar refractivity (Wildman–Crippen MR) is 175 cm³/mol. The van der Waals surface area contributed by atoms with Gasteiger partial charge in [-0.2, -0.15) is 0 Å². The predicted octanol–water partition coefficient (Wildman–Crippen LogP) is 3.94. The molecular formula is C34H56N6O4. The van der Waals surface area contributed by atoms with Crippen molar-refractivity contribution in [2.75, 3.05) is 60.2 Å². The highest BCUT2D eigenvalue weighted by Crippen LogP contribution is 2.46. The van der Waals surface area contributed by atoms with Crippen molar-refractivity contribution in [3.8, 4) is 0 Å². The topological polar surface area (TPSA) is 91.3 Å². The fourth-order valence-corrected chi connectivity index (χ4v) is 6.73. The number of hydrogen-bond acceptors (Lipinski definition) is 7. The Morgan fingerprint density at radius 1 is 0.977 bits per heavy atom.